The maximum atomic E-state index is 12.7. The van der Waals surface area contributed by atoms with Crippen LogP contribution in [0.1, 0.15) is 12.8 Å². The van der Waals surface area contributed by atoms with Gasteiger partial charge >= 0.3 is 0 Å². The largest absolute Gasteiger partial charge is 0.492 e. The van der Waals surface area contributed by atoms with Crippen LogP contribution in [-0.2, 0) is 9.53 Å². The lowest BCUT2D eigenvalue weighted by Gasteiger charge is -2.37. The first kappa shape index (κ1) is 17.1. The molecule has 1 aromatic rings. The summed E-state index contributed by atoms with van der Waals surface area (Å²) < 4.78 is 11.0. The van der Waals surface area contributed by atoms with Crippen molar-refractivity contribution in [2.24, 2.45) is 11.1 Å². The molecule has 2 N–H and O–H groups in total. The maximum Gasteiger partial charge on any atom is 0.230 e. The third-order valence-corrected chi connectivity index (χ3v) is 4.37. The first-order valence-corrected chi connectivity index (χ1v) is 7.87. The number of amides is 1. The average Bonchev–Trinajstić information content (AvgIpc) is 2.54. The lowest BCUT2D eigenvalue weighted by atomic mass is 9.79. The van der Waals surface area contributed by atoms with Gasteiger partial charge in [0.05, 0.1) is 12.0 Å². The van der Waals surface area contributed by atoms with Gasteiger partial charge in [-0.3, -0.25) is 4.79 Å². The Morgan fingerprint density at radius 1 is 1.45 bits per heavy atom. The van der Waals surface area contributed by atoms with Gasteiger partial charge in [-0.2, -0.15) is 0 Å². The van der Waals surface area contributed by atoms with Crippen molar-refractivity contribution in [3.63, 3.8) is 0 Å². The molecule has 5 nitrogen and oxygen atoms in total. The van der Waals surface area contributed by atoms with Crippen LogP contribution in [0.15, 0.2) is 24.3 Å². The van der Waals surface area contributed by atoms with E-state index in [0.717, 1.165) is 0 Å². The summed E-state index contributed by atoms with van der Waals surface area (Å²) in [5.41, 5.74) is 5.38. The van der Waals surface area contributed by atoms with Gasteiger partial charge in [-0.05, 0) is 31.0 Å². The molecular weight excluding hydrogens is 304 g/mol. The molecule has 0 radical (unpaired) electrons. The van der Waals surface area contributed by atoms with Crippen LogP contribution < -0.4 is 10.5 Å². The SMILES string of the molecule is CN(CCOc1cccc(Cl)c1)C(=O)C1(CN)CCOCC1. The van der Waals surface area contributed by atoms with Crippen molar-refractivity contribution in [1.82, 2.24) is 4.90 Å². The van der Waals surface area contributed by atoms with Crippen molar-refractivity contribution < 1.29 is 14.3 Å². The second-order valence-corrected chi connectivity index (χ2v) is 6.07. The molecule has 1 amide bonds. The van der Waals surface area contributed by atoms with E-state index in [0.29, 0.717) is 56.5 Å². The van der Waals surface area contributed by atoms with Crippen LogP contribution in [0, 0.1) is 5.41 Å². The molecule has 0 spiro atoms. The fraction of sp³-hybridized carbons (Fsp3) is 0.562. The minimum atomic E-state index is -0.483. The lowest BCUT2D eigenvalue weighted by molar-refractivity contribution is -0.146. The molecule has 1 saturated heterocycles. The molecule has 1 aromatic carbocycles. The topological polar surface area (TPSA) is 64.8 Å². The van der Waals surface area contributed by atoms with Gasteiger partial charge in [-0.25, -0.2) is 0 Å². The molecule has 122 valence electrons. The molecule has 1 aliphatic heterocycles. The van der Waals surface area contributed by atoms with Crippen molar-refractivity contribution in [2.45, 2.75) is 12.8 Å². The number of halogens is 1. The molecule has 22 heavy (non-hydrogen) atoms. The van der Waals surface area contributed by atoms with Gasteiger partial charge in [0.15, 0.2) is 0 Å². The number of benzene rings is 1. The number of nitrogens with two attached hydrogens (primary N) is 1. The van der Waals surface area contributed by atoms with E-state index in [2.05, 4.69) is 0 Å². The highest BCUT2D eigenvalue weighted by Gasteiger charge is 2.40. The molecule has 0 aliphatic carbocycles. The fourth-order valence-corrected chi connectivity index (χ4v) is 2.81. The summed E-state index contributed by atoms with van der Waals surface area (Å²) in [6, 6.07) is 7.22. The first-order chi connectivity index (χ1) is 10.6. The predicted molar refractivity (Wildman–Crippen MR) is 86.1 cm³/mol. The highest BCUT2D eigenvalue weighted by atomic mass is 35.5. The Morgan fingerprint density at radius 2 is 2.18 bits per heavy atom. The number of likely N-dealkylation sites (N-methyl/N-ethyl adjacent to an activating group) is 1. The second-order valence-electron chi connectivity index (χ2n) is 5.63. The zero-order valence-corrected chi connectivity index (χ0v) is 13.6. The maximum absolute atomic E-state index is 12.7. The Balaban J connectivity index is 1.85. The van der Waals surface area contributed by atoms with Gasteiger partial charge in [0.1, 0.15) is 12.4 Å². The molecule has 6 heteroatoms. The highest BCUT2D eigenvalue weighted by molar-refractivity contribution is 6.30. The smallest absolute Gasteiger partial charge is 0.230 e. The zero-order chi connectivity index (χ0) is 16.0. The Labute approximate surface area is 136 Å². The molecule has 0 atom stereocenters. The minimum absolute atomic E-state index is 0.0768. The quantitative estimate of drug-likeness (QED) is 0.867. The number of hydrogen-bond donors (Lipinski definition) is 1. The molecule has 0 saturated carbocycles. The molecule has 1 aliphatic rings. The van der Waals surface area contributed by atoms with Crippen LogP contribution in [0.25, 0.3) is 0 Å². The van der Waals surface area contributed by atoms with Gasteiger partial charge in [0, 0.05) is 31.8 Å². The van der Waals surface area contributed by atoms with Gasteiger partial charge in [-0.1, -0.05) is 17.7 Å². The van der Waals surface area contributed by atoms with E-state index in [-0.39, 0.29) is 5.91 Å². The Morgan fingerprint density at radius 3 is 2.82 bits per heavy atom. The monoisotopic (exact) mass is 326 g/mol. The molecule has 0 unspecified atom stereocenters. The van der Waals surface area contributed by atoms with E-state index in [1.807, 2.05) is 12.1 Å². The van der Waals surface area contributed by atoms with E-state index >= 15 is 0 Å². The summed E-state index contributed by atoms with van der Waals surface area (Å²) in [6.45, 7) is 2.47. The van der Waals surface area contributed by atoms with Crippen LogP contribution in [-0.4, -0.2) is 50.8 Å². The molecular formula is C16H23ClN2O3. The van der Waals surface area contributed by atoms with E-state index in [4.69, 9.17) is 26.8 Å². The van der Waals surface area contributed by atoms with Gasteiger partial charge in [0.2, 0.25) is 5.91 Å². The lowest BCUT2D eigenvalue weighted by Crippen LogP contribution is -2.50. The van der Waals surface area contributed by atoms with Crippen molar-refractivity contribution >= 4 is 17.5 Å². The molecule has 1 fully saturated rings. The number of carbonyl (C=O) groups excluding carboxylic acids is 1. The Kier molecular flexibility index (Phi) is 6.06. The molecule has 1 heterocycles. The Hall–Kier alpha value is -1.30. The third kappa shape index (κ3) is 4.12. The van der Waals surface area contributed by atoms with Gasteiger partial charge in [-0.15, -0.1) is 0 Å². The van der Waals surface area contributed by atoms with E-state index < -0.39 is 5.41 Å². The number of ether oxygens (including phenoxy) is 2. The number of rotatable bonds is 6. The zero-order valence-electron chi connectivity index (χ0n) is 12.9. The van der Waals surface area contributed by atoms with E-state index in [1.165, 1.54) is 0 Å². The van der Waals surface area contributed by atoms with E-state index in [9.17, 15) is 4.79 Å². The summed E-state index contributed by atoms with van der Waals surface area (Å²) in [7, 11) is 1.79. The standard InChI is InChI=1S/C16H23ClN2O3/c1-19(7-10-22-14-4-2-3-13(17)11-14)15(20)16(12-18)5-8-21-9-6-16/h2-4,11H,5-10,12,18H2,1H3. The van der Waals surface area contributed by atoms with Crippen molar-refractivity contribution in [2.75, 3.05) is 40.0 Å². The predicted octanol–water partition coefficient (Wildman–Crippen LogP) is 1.93. The van der Waals surface area contributed by atoms with E-state index in [1.54, 1.807) is 24.1 Å². The third-order valence-electron chi connectivity index (χ3n) is 4.13. The number of hydrogen-bond acceptors (Lipinski definition) is 4. The summed E-state index contributed by atoms with van der Waals surface area (Å²) >= 11 is 5.91. The molecule has 0 bridgehead atoms. The summed E-state index contributed by atoms with van der Waals surface area (Å²) in [6.07, 6.45) is 1.36. The molecule has 2 rings (SSSR count). The first-order valence-electron chi connectivity index (χ1n) is 7.49. The second kappa shape index (κ2) is 7.81. The van der Waals surface area contributed by atoms with Crippen LogP contribution in [0.3, 0.4) is 0 Å². The Bertz CT molecular complexity index is 504. The summed E-state index contributed by atoms with van der Waals surface area (Å²) in [4.78, 5) is 14.4. The van der Waals surface area contributed by atoms with Crippen molar-refractivity contribution in [3.8, 4) is 5.75 Å². The van der Waals surface area contributed by atoms with Crippen LogP contribution in [0.2, 0.25) is 5.02 Å². The normalized spacial score (nSPS) is 17.0. The fourth-order valence-electron chi connectivity index (χ4n) is 2.63. The van der Waals surface area contributed by atoms with Gasteiger partial charge < -0.3 is 20.1 Å². The minimum Gasteiger partial charge on any atom is -0.492 e. The summed E-state index contributed by atoms with van der Waals surface area (Å²) in [5.74, 6) is 0.779. The highest BCUT2D eigenvalue weighted by Crippen LogP contribution is 2.31. The van der Waals surface area contributed by atoms with Crippen molar-refractivity contribution in [3.05, 3.63) is 29.3 Å². The summed E-state index contributed by atoms with van der Waals surface area (Å²) in [5, 5.41) is 0.631. The van der Waals surface area contributed by atoms with Crippen LogP contribution >= 0.6 is 11.6 Å². The van der Waals surface area contributed by atoms with Crippen LogP contribution in [0.5, 0.6) is 5.75 Å². The van der Waals surface area contributed by atoms with Crippen LogP contribution in [0.4, 0.5) is 0 Å². The number of carbonyl (C=O) groups is 1. The van der Waals surface area contributed by atoms with Crippen molar-refractivity contribution in [1.29, 1.82) is 0 Å². The number of nitrogens with zero attached hydrogens (tertiary/aromatic N) is 1. The average molecular weight is 327 g/mol. The molecule has 0 aromatic heterocycles. The van der Waals surface area contributed by atoms with Gasteiger partial charge in [0.25, 0.3) is 0 Å².